The molecule has 2 heterocycles. The van der Waals surface area contributed by atoms with Gasteiger partial charge in [-0.05, 0) is 48.6 Å². The highest BCUT2D eigenvalue weighted by atomic mass is 35.5. The van der Waals surface area contributed by atoms with Crippen LogP contribution in [0.3, 0.4) is 0 Å². The van der Waals surface area contributed by atoms with Gasteiger partial charge in [-0.2, -0.15) is 0 Å². The normalized spacial score (nSPS) is 17.5. The lowest BCUT2D eigenvalue weighted by atomic mass is 9.93. The lowest BCUT2D eigenvalue weighted by Crippen LogP contribution is -2.41. The molecule has 0 spiro atoms. The molecule has 1 aromatic heterocycles. The molecular formula is C20H23ClN2O2. The van der Waals surface area contributed by atoms with Crippen LogP contribution in [0.4, 0.5) is 0 Å². The van der Waals surface area contributed by atoms with E-state index in [2.05, 4.69) is 17.1 Å². The number of aromatic nitrogens is 1. The van der Waals surface area contributed by atoms with Gasteiger partial charge in [0.15, 0.2) is 0 Å². The van der Waals surface area contributed by atoms with Gasteiger partial charge >= 0.3 is 0 Å². The molecule has 0 N–H and O–H groups in total. The Hall–Kier alpha value is -1.91. The third-order valence-electron chi connectivity index (χ3n) is 4.63. The summed E-state index contributed by atoms with van der Waals surface area (Å²) in [5.41, 5.74) is 3.46. The number of hydrogen-bond donors (Lipinski definition) is 0. The second kappa shape index (κ2) is 8.45. The van der Waals surface area contributed by atoms with Crippen LogP contribution in [0.25, 0.3) is 0 Å². The number of rotatable bonds is 5. The summed E-state index contributed by atoms with van der Waals surface area (Å²) >= 11 is 5.93. The van der Waals surface area contributed by atoms with E-state index in [1.807, 2.05) is 35.4 Å². The fourth-order valence-corrected chi connectivity index (χ4v) is 3.41. The second-order valence-electron chi connectivity index (χ2n) is 6.51. The van der Waals surface area contributed by atoms with Crippen LogP contribution in [0.2, 0.25) is 5.02 Å². The Morgan fingerprint density at radius 1 is 1.24 bits per heavy atom. The number of halogens is 1. The van der Waals surface area contributed by atoms with Crippen LogP contribution in [-0.2, 0) is 16.0 Å². The largest absolute Gasteiger partial charge is 0.375 e. The van der Waals surface area contributed by atoms with Gasteiger partial charge in [-0.25, -0.2) is 0 Å². The highest BCUT2D eigenvalue weighted by molar-refractivity contribution is 6.30. The Kier molecular flexibility index (Phi) is 6.05. The number of carbonyl (C=O) groups is 1. The van der Waals surface area contributed by atoms with Crippen molar-refractivity contribution in [3.05, 3.63) is 64.4 Å². The zero-order valence-corrected chi connectivity index (χ0v) is 15.2. The molecule has 0 bridgehead atoms. The molecule has 2 aromatic rings. The number of hydrogen-bond acceptors (Lipinski definition) is 3. The van der Waals surface area contributed by atoms with Crippen LogP contribution in [0.1, 0.15) is 35.6 Å². The van der Waals surface area contributed by atoms with Crippen LogP contribution in [0, 0.1) is 0 Å². The number of likely N-dealkylation sites (tertiary alicyclic amines) is 1. The number of nitrogens with zero attached hydrogens (tertiary/aromatic N) is 2. The minimum absolute atomic E-state index is 0.0616. The summed E-state index contributed by atoms with van der Waals surface area (Å²) in [4.78, 5) is 18.6. The molecule has 3 rings (SSSR count). The van der Waals surface area contributed by atoms with E-state index in [-0.39, 0.29) is 12.5 Å². The van der Waals surface area contributed by atoms with Crippen molar-refractivity contribution in [2.75, 3.05) is 26.8 Å². The first-order valence-electron chi connectivity index (χ1n) is 8.61. The van der Waals surface area contributed by atoms with Gasteiger partial charge < -0.3 is 9.64 Å². The summed E-state index contributed by atoms with van der Waals surface area (Å²) in [5.74, 6) is 0.366. The first-order valence-corrected chi connectivity index (χ1v) is 8.99. The highest BCUT2D eigenvalue weighted by Gasteiger charge is 2.25. The minimum Gasteiger partial charge on any atom is -0.375 e. The van der Waals surface area contributed by atoms with E-state index in [9.17, 15) is 4.79 Å². The van der Waals surface area contributed by atoms with Crippen molar-refractivity contribution in [1.82, 2.24) is 9.88 Å². The first kappa shape index (κ1) is 17.9. The Morgan fingerprint density at radius 2 is 2.00 bits per heavy atom. The van der Waals surface area contributed by atoms with Crippen LogP contribution in [0.15, 0.2) is 42.6 Å². The average molecular weight is 359 g/mol. The van der Waals surface area contributed by atoms with E-state index >= 15 is 0 Å². The fourth-order valence-electron chi connectivity index (χ4n) is 3.28. The predicted molar refractivity (Wildman–Crippen MR) is 98.9 cm³/mol. The lowest BCUT2D eigenvalue weighted by Gasteiger charge is -2.32. The Bertz CT molecular complexity index is 701. The predicted octanol–water partition coefficient (Wildman–Crippen LogP) is 3.68. The lowest BCUT2D eigenvalue weighted by molar-refractivity contribution is -0.136. The van der Waals surface area contributed by atoms with E-state index in [1.165, 1.54) is 11.1 Å². The third-order valence-corrected chi connectivity index (χ3v) is 4.88. The quantitative estimate of drug-likeness (QED) is 0.818. The van der Waals surface area contributed by atoms with E-state index in [0.717, 1.165) is 43.1 Å². The third kappa shape index (κ3) is 4.80. The topological polar surface area (TPSA) is 42.4 Å². The Labute approximate surface area is 153 Å². The van der Waals surface area contributed by atoms with Crippen LogP contribution >= 0.6 is 11.6 Å². The molecule has 0 aliphatic carbocycles. The van der Waals surface area contributed by atoms with Crippen molar-refractivity contribution < 1.29 is 9.53 Å². The summed E-state index contributed by atoms with van der Waals surface area (Å²) in [6.07, 6.45) is 4.86. The molecule has 1 aliphatic rings. The molecule has 132 valence electrons. The first-order chi connectivity index (χ1) is 12.2. The number of pyridine rings is 1. The van der Waals surface area contributed by atoms with Crippen molar-refractivity contribution in [3.8, 4) is 0 Å². The summed E-state index contributed by atoms with van der Waals surface area (Å²) in [7, 11) is 1.56. The number of ether oxygens (including phenoxy) is 1. The summed E-state index contributed by atoms with van der Waals surface area (Å²) in [6.45, 7) is 1.69. The van der Waals surface area contributed by atoms with E-state index < -0.39 is 0 Å². The van der Waals surface area contributed by atoms with Gasteiger partial charge in [-0.1, -0.05) is 29.8 Å². The molecule has 0 saturated carbocycles. The summed E-state index contributed by atoms with van der Waals surface area (Å²) in [5, 5.41) is 0.752. The SMILES string of the molecule is COCC(=O)N1CCC[C@H](c2ccc(Cc3ccc(Cl)cc3)cn2)C1. The number of piperidine rings is 1. The minimum atomic E-state index is 0.0616. The van der Waals surface area contributed by atoms with E-state index in [0.29, 0.717) is 5.92 Å². The maximum atomic E-state index is 12.0. The monoisotopic (exact) mass is 358 g/mol. The number of benzene rings is 1. The number of amides is 1. The number of methoxy groups -OCH3 is 1. The Balaban J connectivity index is 1.63. The zero-order chi connectivity index (χ0) is 17.6. The molecule has 5 heteroatoms. The van der Waals surface area contributed by atoms with E-state index in [4.69, 9.17) is 16.3 Å². The number of carbonyl (C=O) groups excluding carboxylic acids is 1. The molecule has 0 unspecified atom stereocenters. The Morgan fingerprint density at radius 3 is 2.68 bits per heavy atom. The van der Waals surface area contributed by atoms with Crippen LogP contribution in [-0.4, -0.2) is 42.6 Å². The summed E-state index contributed by atoms with van der Waals surface area (Å²) in [6, 6.07) is 12.1. The van der Waals surface area contributed by atoms with Gasteiger partial charge in [0.2, 0.25) is 5.91 Å². The van der Waals surface area contributed by atoms with Gasteiger partial charge in [0, 0.05) is 43.0 Å². The van der Waals surface area contributed by atoms with Gasteiger partial charge in [-0.3, -0.25) is 9.78 Å². The molecule has 4 nitrogen and oxygen atoms in total. The van der Waals surface area contributed by atoms with Crippen molar-refractivity contribution in [3.63, 3.8) is 0 Å². The van der Waals surface area contributed by atoms with Gasteiger partial charge in [0.05, 0.1) is 0 Å². The molecule has 0 radical (unpaired) electrons. The molecule has 1 saturated heterocycles. The van der Waals surface area contributed by atoms with Gasteiger partial charge in [-0.15, -0.1) is 0 Å². The highest BCUT2D eigenvalue weighted by Crippen LogP contribution is 2.26. The van der Waals surface area contributed by atoms with Gasteiger partial charge in [0.25, 0.3) is 0 Å². The standard InChI is InChI=1S/C20H23ClN2O2/c1-25-14-20(24)23-10-2-3-17(13-23)19-9-6-16(12-22-19)11-15-4-7-18(21)8-5-15/h4-9,12,17H,2-3,10-11,13-14H2,1H3/t17-/m0/s1. The molecule has 1 aliphatic heterocycles. The zero-order valence-electron chi connectivity index (χ0n) is 14.5. The average Bonchev–Trinajstić information content (AvgIpc) is 2.65. The fraction of sp³-hybridized carbons (Fsp3) is 0.400. The van der Waals surface area contributed by atoms with E-state index in [1.54, 1.807) is 7.11 Å². The molecular weight excluding hydrogens is 336 g/mol. The smallest absolute Gasteiger partial charge is 0.248 e. The molecule has 1 atom stereocenters. The summed E-state index contributed by atoms with van der Waals surface area (Å²) < 4.78 is 4.96. The maximum Gasteiger partial charge on any atom is 0.248 e. The van der Waals surface area contributed by atoms with Gasteiger partial charge in [0.1, 0.15) is 6.61 Å². The maximum absolute atomic E-state index is 12.0. The van der Waals surface area contributed by atoms with Crippen molar-refractivity contribution in [2.24, 2.45) is 0 Å². The molecule has 1 fully saturated rings. The molecule has 25 heavy (non-hydrogen) atoms. The van der Waals surface area contributed by atoms with Crippen molar-refractivity contribution in [1.29, 1.82) is 0 Å². The van der Waals surface area contributed by atoms with Crippen LogP contribution in [0.5, 0.6) is 0 Å². The molecule has 1 amide bonds. The van der Waals surface area contributed by atoms with Crippen molar-refractivity contribution in [2.45, 2.75) is 25.2 Å². The molecule has 1 aromatic carbocycles. The second-order valence-corrected chi connectivity index (χ2v) is 6.94. The van der Waals surface area contributed by atoms with Crippen molar-refractivity contribution >= 4 is 17.5 Å². The van der Waals surface area contributed by atoms with Crippen LogP contribution < -0.4 is 0 Å².